The normalized spacial score (nSPS) is 20.8. The standard InChI is InChI=1S/C20H36N4O5/c1-19(2,3)28-17(25)22-10-7-11-23(18(26)29-20(4,5)6)14-9-16(15-21)24(27)13-8-12-22/h16,27H,7-14H2,1-6H3. The van der Waals surface area contributed by atoms with Crippen LogP contribution in [0, 0.1) is 11.3 Å². The Morgan fingerprint density at radius 3 is 1.69 bits per heavy atom. The molecule has 0 aromatic carbocycles. The van der Waals surface area contributed by atoms with Gasteiger partial charge in [-0.25, -0.2) is 9.59 Å². The molecule has 1 aliphatic rings. The molecule has 0 radical (unpaired) electrons. The summed E-state index contributed by atoms with van der Waals surface area (Å²) in [5, 5.41) is 20.6. The third kappa shape index (κ3) is 9.81. The Bertz CT molecular complexity index is 591. The molecular formula is C20H36N4O5. The average Bonchev–Trinajstić information content (AvgIpc) is 2.54. The maximum absolute atomic E-state index is 12.5. The van der Waals surface area contributed by atoms with E-state index in [1.165, 1.54) is 4.90 Å². The van der Waals surface area contributed by atoms with Crippen LogP contribution in [-0.2, 0) is 9.47 Å². The largest absolute Gasteiger partial charge is 0.444 e. The fraction of sp³-hybridized carbons (Fsp3) is 0.850. The lowest BCUT2D eigenvalue weighted by Gasteiger charge is -2.32. The van der Waals surface area contributed by atoms with Crippen LogP contribution in [0.1, 0.15) is 60.8 Å². The number of hydrogen-bond acceptors (Lipinski definition) is 7. The first-order valence-electron chi connectivity index (χ1n) is 10.1. The van der Waals surface area contributed by atoms with Crippen molar-refractivity contribution in [3.63, 3.8) is 0 Å². The quantitative estimate of drug-likeness (QED) is 0.651. The summed E-state index contributed by atoms with van der Waals surface area (Å²) < 4.78 is 10.9. The highest BCUT2D eigenvalue weighted by atomic mass is 16.6. The fourth-order valence-corrected chi connectivity index (χ4v) is 2.83. The molecule has 1 aliphatic heterocycles. The fourth-order valence-electron chi connectivity index (χ4n) is 2.83. The second-order valence-electron chi connectivity index (χ2n) is 9.24. The highest BCUT2D eigenvalue weighted by molar-refractivity contribution is 5.68. The zero-order valence-electron chi connectivity index (χ0n) is 18.6. The van der Waals surface area contributed by atoms with Crippen LogP contribution < -0.4 is 0 Å². The molecule has 9 nitrogen and oxygen atoms in total. The van der Waals surface area contributed by atoms with Crippen molar-refractivity contribution in [1.29, 1.82) is 5.26 Å². The topological polar surface area (TPSA) is 106 Å². The van der Waals surface area contributed by atoms with Gasteiger partial charge in [-0.05, 0) is 60.8 Å². The summed E-state index contributed by atoms with van der Waals surface area (Å²) in [6, 6.07) is 1.33. The number of nitriles is 1. The molecule has 0 aromatic heterocycles. The van der Waals surface area contributed by atoms with Crippen molar-refractivity contribution in [2.45, 2.75) is 78.0 Å². The van der Waals surface area contributed by atoms with E-state index in [-0.39, 0.29) is 13.1 Å². The molecule has 0 bridgehead atoms. The van der Waals surface area contributed by atoms with Gasteiger partial charge >= 0.3 is 12.2 Å². The predicted molar refractivity (Wildman–Crippen MR) is 107 cm³/mol. The van der Waals surface area contributed by atoms with Gasteiger partial charge in [0, 0.05) is 32.7 Å². The van der Waals surface area contributed by atoms with Crippen LogP contribution in [0.5, 0.6) is 0 Å². The maximum atomic E-state index is 12.5. The van der Waals surface area contributed by atoms with Crippen molar-refractivity contribution in [1.82, 2.24) is 14.9 Å². The molecule has 1 heterocycles. The Balaban J connectivity index is 2.92. The van der Waals surface area contributed by atoms with Crippen LogP contribution in [-0.4, -0.2) is 82.2 Å². The van der Waals surface area contributed by atoms with Crippen LogP contribution in [0.4, 0.5) is 9.59 Å². The molecular weight excluding hydrogens is 376 g/mol. The van der Waals surface area contributed by atoms with Gasteiger partial charge in [0.05, 0.1) is 6.07 Å². The summed E-state index contributed by atoms with van der Waals surface area (Å²) in [5.74, 6) is 0. The van der Waals surface area contributed by atoms with Gasteiger partial charge in [-0.15, -0.1) is 0 Å². The molecule has 1 unspecified atom stereocenters. The van der Waals surface area contributed by atoms with E-state index >= 15 is 0 Å². The van der Waals surface area contributed by atoms with Crippen molar-refractivity contribution in [2.24, 2.45) is 0 Å². The Morgan fingerprint density at radius 2 is 1.28 bits per heavy atom. The minimum absolute atomic E-state index is 0.240. The Kier molecular flexibility index (Phi) is 9.17. The summed E-state index contributed by atoms with van der Waals surface area (Å²) >= 11 is 0. The lowest BCUT2D eigenvalue weighted by Crippen LogP contribution is -2.44. The van der Waals surface area contributed by atoms with E-state index in [1.54, 1.807) is 46.4 Å². The van der Waals surface area contributed by atoms with Gasteiger partial charge in [0.15, 0.2) is 0 Å². The van der Waals surface area contributed by atoms with Gasteiger partial charge in [0.2, 0.25) is 0 Å². The van der Waals surface area contributed by atoms with Crippen LogP contribution in [0.2, 0.25) is 0 Å². The SMILES string of the molecule is CC(C)(C)OC(=O)N1CCCN(C(=O)OC(C)(C)C)CCC(C#N)N(O)CCC1. The number of hydrogen-bond donors (Lipinski definition) is 1. The molecule has 9 heteroatoms. The molecule has 1 N–H and O–H groups in total. The number of ether oxygens (including phenoxy) is 2. The Hall–Kier alpha value is -2.05. The second-order valence-corrected chi connectivity index (χ2v) is 9.24. The first-order chi connectivity index (χ1) is 13.3. The smallest absolute Gasteiger partial charge is 0.410 e. The molecule has 1 atom stereocenters. The van der Waals surface area contributed by atoms with Crippen molar-refractivity contribution in [3.8, 4) is 6.07 Å². The zero-order valence-corrected chi connectivity index (χ0v) is 18.6. The number of carbonyl (C=O) groups is 2. The molecule has 2 amide bonds. The van der Waals surface area contributed by atoms with Gasteiger partial charge in [0.1, 0.15) is 17.2 Å². The lowest BCUT2D eigenvalue weighted by atomic mass is 10.2. The van der Waals surface area contributed by atoms with E-state index < -0.39 is 29.4 Å². The van der Waals surface area contributed by atoms with E-state index in [1.807, 2.05) is 0 Å². The minimum atomic E-state index is -0.741. The van der Waals surface area contributed by atoms with Crippen LogP contribution in [0.25, 0.3) is 0 Å². The van der Waals surface area contributed by atoms with E-state index in [9.17, 15) is 20.1 Å². The molecule has 0 aliphatic carbocycles. The van der Waals surface area contributed by atoms with Crippen molar-refractivity contribution in [3.05, 3.63) is 0 Å². The monoisotopic (exact) mass is 412 g/mol. The zero-order chi connectivity index (χ0) is 22.2. The van der Waals surface area contributed by atoms with Gasteiger partial charge in [-0.2, -0.15) is 10.3 Å². The van der Waals surface area contributed by atoms with Crippen molar-refractivity contribution in [2.75, 3.05) is 32.7 Å². The third-order valence-corrected chi connectivity index (χ3v) is 4.16. The van der Waals surface area contributed by atoms with Gasteiger partial charge < -0.3 is 24.5 Å². The first-order valence-corrected chi connectivity index (χ1v) is 10.1. The maximum Gasteiger partial charge on any atom is 0.410 e. The Labute approximate surface area is 174 Å². The molecule has 29 heavy (non-hydrogen) atoms. The van der Waals surface area contributed by atoms with Crippen molar-refractivity contribution >= 4 is 12.2 Å². The van der Waals surface area contributed by atoms with Gasteiger partial charge in [-0.3, -0.25) is 0 Å². The lowest BCUT2D eigenvalue weighted by molar-refractivity contribution is -0.115. The number of rotatable bonds is 0. The van der Waals surface area contributed by atoms with Crippen LogP contribution in [0.3, 0.4) is 0 Å². The van der Waals surface area contributed by atoms with E-state index in [2.05, 4.69) is 6.07 Å². The van der Waals surface area contributed by atoms with Crippen LogP contribution >= 0.6 is 0 Å². The highest BCUT2D eigenvalue weighted by Crippen LogP contribution is 2.15. The predicted octanol–water partition coefficient (Wildman–Crippen LogP) is 3.23. The minimum Gasteiger partial charge on any atom is -0.444 e. The van der Waals surface area contributed by atoms with E-state index in [4.69, 9.17) is 9.47 Å². The van der Waals surface area contributed by atoms with Crippen LogP contribution in [0.15, 0.2) is 0 Å². The number of amides is 2. The van der Waals surface area contributed by atoms with Gasteiger partial charge in [0.25, 0.3) is 0 Å². The number of hydroxylamine groups is 2. The summed E-state index contributed by atoms with van der Waals surface area (Å²) in [6.07, 6.45) is 0.462. The average molecular weight is 413 g/mol. The summed E-state index contributed by atoms with van der Waals surface area (Å²) in [5.41, 5.74) is -1.25. The summed E-state index contributed by atoms with van der Waals surface area (Å²) in [7, 11) is 0. The van der Waals surface area contributed by atoms with E-state index in [0.717, 1.165) is 5.06 Å². The van der Waals surface area contributed by atoms with E-state index in [0.29, 0.717) is 38.9 Å². The molecule has 166 valence electrons. The molecule has 1 fully saturated rings. The summed E-state index contributed by atoms with van der Waals surface area (Å²) in [6.45, 7) is 12.5. The number of nitrogens with zero attached hydrogens (tertiary/aromatic N) is 4. The molecule has 0 saturated carbocycles. The molecule has 1 rings (SSSR count). The van der Waals surface area contributed by atoms with Crippen molar-refractivity contribution < 1.29 is 24.3 Å². The molecule has 0 spiro atoms. The number of carbonyl (C=O) groups excluding carboxylic acids is 2. The second kappa shape index (κ2) is 10.6. The van der Waals surface area contributed by atoms with Gasteiger partial charge in [-0.1, -0.05) is 0 Å². The Morgan fingerprint density at radius 1 is 0.862 bits per heavy atom. The molecule has 0 aromatic rings. The highest BCUT2D eigenvalue weighted by Gasteiger charge is 2.27. The third-order valence-electron chi connectivity index (χ3n) is 4.16. The summed E-state index contributed by atoms with van der Waals surface area (Å²) in [4.78, 5) is 28.2. The first kappa shape index (κ1) is 25.0. The molecule has 1 saturated heterocycles.